The molecule has 0 aliphatic carbocycles. The maximum atomic E-state index is 12.7. The quantitative estimate of drug-likeness (QED) is 0.489. The van der Waals surface area contributed by atoms with Gasteiger partial charge in [-0.05, 0) is 63.2 Å². The first-order valence-electron chi connectivity index (χ1n) is 9.63. The van der Waals surface area contributed by atoms with E-state index in [4.69, 9.17) is 16.2 Å². The van der Waals surface area contributed by atoms with Crippen molar-refractivity contribution in [2.24, 2.45) is 0 Å². The first-order chi connectivity index (χ1) is 12.9. The second kappa shape index (κ2) is 9.97. The van der Waals surface area contributed by atoms with E-state index in [1.165, 1.54) is 0 Å². The molecule has 0 spiro atoms. The van der Waals surface area contributed by atoms with Gasteiger partial charge in [0, 0.05) is 17.7 Å². The van der Waals surface area contributed by atoms with E-state index in [0.717, 1.165) is 32.5 Å². The molecule has 0 aliphatic heterocycles. The average Bonchev–Trinajstić information content (AvgIpc) is 2.64. The summed E-state index contributed by atoms with van der Waals surface area (Å²) in [6, 6.07) is 12.3. The summed E-state index contributed by atoms with van der Waals surface area (Å²) in [6.45, 7) is 9.44. The summed E-state index contributed by atoms with van der Waals surface area (Å²) in [4.78, 5) is 15.1. The van der Waals surface area contributed by atoms with Gasteiger partial charge < -0.3 is 16.2 Å². The molecule has 0 amide bonds. The van der Waals surface area contributed by atoms with Crippen LogP contribution in [0.1, 0.15) is 49.5 Å². The largest absolute Gasteiger partial charge is 0.489 e. The maximum absolute atomic E-state index is 12.7. The molecule has 1 unspecified atom stereocenters. The number of rotatable bonds is 10. The molecule has 0 radical (unpaired) electrons. The monoisotopic (exact) mass is 369 g/mol. The Morgan fingerprint density at radius 3 is 2.30 bits per heavy atom. The fourth-order valence-corrected chi connectivity index (χ4v) is 3.15. The number of nitrogens with two attached hydrogens (primary N) is 2. The number of nitrogens with zero attached hydrogens (tertiary/aromatic N) is 1. The van der Waals surface area contributed by atoms with E-state index >= 15 is 0 Å². The number of anilines is 2. The number of nitrogen functional groups attached to an aromatic ring is 2. The lowest BCUT2D eigenvalue weighted by atomic mass is 10.0. The fraction of sp³-hybridized carbons (Fsp3) is 0.409. The van der Waals surface area contributed by atoms with Crippen LogP contribution in [0.25, 0.3) is 0 Å². The second-order valence-corrected chi connectivity index (χ2v) is 6.93. The van der Waals surface area contributed by atoms with Gasteiger partial charge in [-0.1, -0.05) is 26.0 Å². The topological polar surface area (TPSA) is 81.6 Å². The van der Waals surface area contributed by atoms with Gasteiger partial charge in [-0.3, -0.25) is 9.69 Å². The molecular formula is C22H31N3O2. The molecule has 0 saturated heterocycles. The standard InChI is InChI=1S/C22H31N3O2/c1-4-11-25(12-5-2)15-16(3)27-19-8-6-7-17(13-19)22(26)18-9-10-20(23)21(24)14-18/h6-10,13-14,16H,4-5,11-12,15,23-24H2,1-3H3. The van der Waals surface area contributed by atoms with Crippen LogP contribution in [0.3, 0.4) is 0 Å². The Balaban J connectivity index is 2.07. The van der Waals surface area contributed by atoms with Gasteiger partial charge >= 0.3 is 0 Å². The van der Waals surface area contributed by atoms with E-state index in [-0.39, 0.29) is 11.9 Å². The van der Waals surface area contributed by atoms with E-state index in [1.807, 2.05) is 12.1 Å². The van der Waals surface area contributed by atoms with Crippen molar-refractivity contribution in [2.45, 2.75) is 39.7 Å². The minimum Gasteiger partial charge on any atom is -0.489 e. The lowest BCUT2D eigenvalue weighted by Crippen LogP contribution is -2.35. The van der Waals surface area contributed by atoms with Crippen LogP contribution in [0.5, 0.6) is 5.75 Å². The predicted molar refractivity (Wildman–Crippen MR) is 112 cm³/mol. The second-order valence-electron chi connectivity index (χ2n) is 6.93. The minimum absolute atomic E-state index is 0.0422. The van der Waals surface area contributed by atoms with Crippen LogP contribution in [0.15, 0.2) is 42.5 Å². The number of benzene rings is 2. The van der Waals surface area contributed by atoms with Crippen LogP contribution >= 0.6 is 0 Å². The normalized spacial score (nSPS) is 12.1. The predicted octanol–water partition coefficient (Wildman–Crippen LogP) is 3.97. The van der Waals surface area contributed by atoms with E-state index in [1.54, 1.807) is 30.3 Å². The van der Waals surface area contributed by atoms with Gasteiger partial charge in [0.05, 0.1) is 11.4 Å². The molecule has 0 aromatic heterocycles. The molecule has 5 heteroatoms. The van der Waals surface area contributed by atoms with Crippen molar-refractivity contribution >= 4 is 17.2 Å². The van der Waals surface area contributed by atoms with Crippen LogP contribution in [0, 0.1) is 0 Å². The van der Waals surface area contributed by atoms with Gasteiger partial charge in [-0.25, -0.2) is 0 Å². The number of hydrogen-bond acceptors (Lipinski definition) is 5. The van der Waals surface area contributed by atoms with Crippen molar-refractivity contribution in [3.63, 3.8) is 0 Å². The third kappa shape index (κ3) is 6.00. The van der Waals surface area contributed by atoms with Gasteiger partial charge in [0.25, 0.3) is 0 Å². The van der Waals surface area contributed by atoms with E-state index in [0.29, 0.717) is 28.3 Å². The summed E-state index contributed by atoms with van der Waals surface area (Å²) in [7, 11) is 0. The highest BCUT2D eigenvalue weighted by molar-refractivity contribution is 6.10. The van der Waals surface area contributed by atoms with Crippen molar-refractivity contribution in [3.8, 4) is 5.75 Å². The van der Waals surface area contributed by atoms with Gasteiger partial charge in [0.1, 0.15) is 11.9 Å². The molecule has 4 N–H and O–H groups in total. The fourth-order valence-electron chi connectivity index (χ4n) is 3.15. The molecule has 2 rings (SSSR count). The third-order valence-electron chi connectivity index (χ3n) is 4.38. The highest BCUT2D eigenvalue weighted by atomic mass is 16.5. The highest BCUT2D eigenvalue weighted by Crippen LogP contribution is 2.21. The molecule has 1 atom stereocenters. The van der Waals surface area contributed by atoms with Crippen molar-refractivity contribution in [1.29, 1.82) is 0 Å². The van der Waals surface area contributed by atoms with Crippen LogP contribution in [-0.4, -0.2) is 36.4 Å². The van der Waals surface area contributed by atoms with Gasteiger partial charge in [-0.2, -0.15) is 0 Å². The van der Waals surface area contributed by atoms with Crippen molar-refractivity contribution < 1.29 is 9.53 Å². The molecule has 0 fully saturated rings. The van der Waals surface area contributed by atoms with Crippen LogP contribution < -0.4 is 16.2 Å². The third-order valence-corrected chi connectivity index (χ3v) is 4.38. The number of ether oxygens (including phenoxy) is 1. The Morgan fingerprint density at radius 1 is 1.00 bits per heavy atom. The van der Waals surface area contributed by atoms with E-state index in [2.05, 4.69) is 25.7 Å². The summed E-state index contributed by atoms with van der Waals surface area (Å²) < 4.78 is 6.07. The number of carbonyl (C=O) groups excluding carboxylic acids is 1. The SMILES string of the molecule is CCCN(CCC)CC(C)Oc1cccc(C(=O)c2ccc(N)c(N)c2)c1. The molecule has 0 saturated carbocycles. The number of carbonyl (C=O) groups is 1. The Morgan fingerprint density at radius 2 is 1.67 bits per heavy atom. The lowest BCUT2D eigenvalue weighted by Gasteiger charge is -2.25. The molecule has 2 aromatic rings. The average molecular weight is 370 g/mol. The van der Waals surface area contributed by atoms with Gasteiger partial charge in [-0.15, -0.1) is 0 Å². The summed E-state index contributed by atoms with van der Waals surface area (Å²) in [5.41, 5.74) is 13.5. The molecule has 0 heterocycles. The summed E-state index contributed by atoms with van der Waals surface area (Å²) in [5.74, 6) is 0.600. The van der Waals surface area contributed by atoms with Crippen molar-refractivity contribution in [2.75, 3.05) is 31.1 Å². The zero-order valence-electron chi connectivity index (χ0n) is 16.6. The van der Waals surface area contributed by atoms with E-state index < -0.39 is 0 Å². The number of hydrogen-bond donors (Lipinski definition) is 2. The van der Waals surface area contributed by atoms with Crippen molar-refractivity contribution in [1.82, 2.24) is 4.90 Å². The Labute approximate surface area is 162 Å². The Kier molecular flexibility index (Phi) is 7.67. The van der Waals surface area contributed by atoms with Gasteiger partial charge in [0.2, 0.25) is 0 Å². The first-order valence-corrected chi connectivity index (χ1v) is 9.63. The lowest BCUT2D eigenvalue weighted by molar-refractivity contribution is 0.103. The Bertz CT molecular complexity index is 755. The Hall–Kier alpha value is -2.53. The zero-order chi connectivity index (χ0) is 19.8. The van der Waals surface area contributed by atoms with Crippen LogP contribution in [-0.2, 0) is 0 Å². The number of ketones is 1. The van der Waals surface area contributed by atoms with Crippen LogP contribution in [0.2, 0.25) is 0 Å². The minimum atomic E-state index is -0.0987. The van der Waals surface area contributed by atoms with Crippen molar-refractivity contribution in [3.05, 3.63) is 53.6 Å². The molecule has 0 bridgehead atoms. The molecular weight excluding hydrogens is 338 g/mol. The van der Waals surface area contributed by atoms with Crippen LogP contribution in [0.4, 0.5) is 11.4 Å². The molecule has 146 valence electrons. The van der Waals surface area contributed by atoms with E-state index in [9.17, 15) is 4.79 Å². The summed E-state index contributed by atoms with van der Waals surface area (Å²) >= 11 is 0. The maximum Gasteiger partial charge on any atom is 0.193 e. The summed E-state index contributed by atoms with van der Waals surface area (Å²) in [5, 5.41) is 0. The zero-order valence-corrected chi connectivity index (χ0v) is 16.6. The highest BCUT2D eigenvalue weighted by Gasteiger charge is 2.14. The molecule has 2 aromatic carbocycles. The van der Waals surface area contributed by atoms with Gasteiger partial charge in [0.15, 0.2) is 5.78 Å². The summed E-state index contributed by atoms with van der Waals surface area (Å²) in [6.07, 6.45) is 2.30. The molecule has 5 nitrogen and oxygen atoms in total. The molecule has 27 heavy (non-hydrogen) atoms. The smallest absolute Gasteiger partial charge is 0.193 e. The first kappa shape index (κ1) is 20.8. The molecule has 0 aliphatic rings.